The van der Waals surface area contributed by atoms with Crippen LogP contribution in [0.4, 0.5) is 4.79 Å². The lowest BCUT2D eigenvalue weighted by molar-refractivity contribution is 0.0773. The lowest BCUT2D eigenvalue weighted by atomic mass is 9.96. The maximum atomic E-state index is 11.9. The van der Waals surface area contributed by atoms with Gasteiger partial charge in [-0.3, -0.25) is 0 Å². The summed E-state index contributed by atoms with van der Waals surface area (Å²) >= 11 is 0. The highest BCUT2D eigenvalue weighted by atomic mass is 16.3. The van der Waals surface area contributed by atoms with Crippen LogP contribution in [0.2, 0.25) is 0 Å². The molecule has 1 atom stereocenters. The number of benzene rings is 1. The van der Waals surface area contributed by atoms with Crippen LogP contribution in [0.15, 0.2) is 24.3 Å². The molecule has 3 rings (SSSR count). The standard InChI is InChI=1S/C15H21N3O2/c19-10-11-8-18(9-11)15(20)17-7-14-5-12-3-1-2-4-13(12)6-16-14/h1-4,11,14,16,19H,5-10H2,(H,17,20). The van der Waals surface area contributed by atoms with Crippen molar-refractivity contribution in [2.45, 2.75) is 19.0 Å². The SMILES string of the molecule is O=C(NCC1Cc2ccccc2CN1)N1CC(CO)C1. The Bertz CT molecular complexity index is 486. The van der Waals surface area contributed by atoms with E-state index >= 15 is 0 Å². The molecule has 0 spiro atoms. The third-order valence-electron chi connectivity index (χ3n) is 4.17. The largest absolute Gasteiger partial charge is 0.396 e. The van der Waals surface area contributed by atoms with Gasteiger partial charge >= 0.3 is 6.03 Å². The third-order valence-corrected chi connectivity index (χ3v) is 4.17. The van der Waals surface area contributed by atoms with Crippen molar-refractivity contribution in [2.75, 3.05) is 26.2 Å². The van der Waals surface area contributed by atoms with E-state index in [0.717, 1.165) is 13.0 Å². The van der Waals surface area contributed by atoms with Gasteiger partial charge in [-0.25, -0.2) is 4.79 Å². The summed E-state index contributed by atoms with van der Waals surface area (Å²) in [5.74, 6) is 0.264. The van der Waals surface area contributed by atoms with E-state index in [-0.39, 0.29) is 18.6 Å². The van der Waals surface area contributed by atoms with Gasteiger partial charge < -0.3 is 20.6 Å². The second-order valence-electron chi connectivity index (χ2n) is 5.69. The van der Waals surface area contributed by atoms with Crippen molar-refractivity contribution in [3.63, 3.8) is 0 Å². The van der Waals surface area contributed by atoms with E-state index in [2.05, 4.69) is 34.9 Å². The summed E-state index contributed by atoms with van der Waals surface area (Å²) in [6, 6.07) is 8.71. The predicted molar refractivity (Wildman–Crippen MR) is 76.3 cm³/mol. The van der Waals surface area contributed by atoms with Crippen molar-refractivity contribution in [1.29, 1.82) is 0 Å². The summed E-state index contributed by atoms with van der Waals surface area (Å²) in [4.78, 5) is 13.6. The van der Waals surface area contributed by atoms with E-state index in [0.29, 0.717) is 25.7 Å². The van der Waals surface area contributed by atoms with Crippen LogP contribution in [-0.2, 0) is 13.0 Å². The fourth-order valence-electron chi connectivity index (χ4n) is 2.84. The van der Waals surface area contributed by atoms with E-state index < -0.39 is 0 Å². The number of hydrogen-bond donors (Lipinski definition) is 3. The lowest BCUT2D eigenvalue weighted by Crippen LogP contribution is -2.56. The zero-order valence-electron chi connectivity index (χ0n) is 11.5. The van der Waals surface area contributed by atoms with Crippen LogP contribution in [0.25, 0.3) is 0 Å². The molecule has 2 heterocycles. The Balaban J connectivity index is 1.45. The van der Waals surface area contributed by atoms with Gasteiger partial charge in [-0.1, -0.05) is 24.3 Å². The molecule has 0 aliphatic carbocycles. The maximum absolute atomic E-state index is 11.9. The number of rotatable bonds is 3. The average molecular weight is 275 g/mol. The maximum Gasteiger partial charge on any atom is 0.317 e. The molecule has 2 aliphatic rings. The van der Waals surface area contributed by atoms with Gasteiger partial charge in [0.15, 0.2) is 0 Å². The van der Waals surface area contributed by atoms with E-state index in [9.17, 15) is 4.79 Å². The van der Waals surface area contributed by atoms with Gasteiger partial charge in [-0.05, 0) is 17.5 Å². The zero-order valence-corrected chi connectivity index (χ0v) is 11.5. The molecule has 2 amide bonds. The molecule has 1 unspecified atom stereocenters. The fraction of sp³-hybridized carbons (Fsp3) is 0.533. The summed E-state index contributed by atoms with van der Waals surface area (Å²) in [5.41, 5.74) is 2.72. The van der Waals surface area contributed by atoms with E-state index in [1.165, 1.54) is 11.1 Å². The quantitative estimate of drug-likeness (QED) is 0.745. The third kappa shape index (κ3) is 2.78. The van der Waals surface area contributed by atoms with Crippen molar-refractivity contribution in [1.82, 2.24) is 15.5 Å². The normalized spacial score (nSPS) is 22.1. The molecular formula is C15H21N3O2. The Morgan fingerprint density at radius 3 is 2.85 bits per heavy atom. The summed E-state index contributed by atoms with van der Waals surface area (Å²) in [6.07, 6.45) is 0.954. The number of amides is 2. The molecule has 0 saturated carbocycles. The Labute approximate surface area is 119 Å². The molecule has 5 heteroatoms. The van der Waals surface area contributed by atoms with E-state index in [1.54, 1.807) is 4.90 Å². The molecular weight excluding hydrogens is 254 g/mol. The van der Waals surface area contributed by atoms with E-state index in [1.807, 2.05) is 0 Å². The van der Waals surface area contributed by atoms with Crippen molar-refractivity contribution in [3.8, 4) is 0 Å². The number of fused-ring (bicyclic) bond motifs is 1. The monoisotopic (exact) mass is 275 g/mol. The van der Waals surface area contributed by atoms with Crippen LogP contribution in [0.3, 0.4) is 0 Å². The Morgan fingerprint density at radius 1 is 1.35 bits per heavy atom. The molecule has 1 aromatic carbocycles. The topological polar surface area (TPSA) is 64.6 Å². The summed E-state index contributed by atoms with van der Waals surface area (Å²) in [7, 11) is 0. The summed E-state index contributed by atoms with van der Waals surface area (Å²) in [6.45, 7) is 3.03. The van der Waals surface area contributed by atoms with Crippen LogP contribution in [0.1, 0.15) is 11.1 Å². The number of aliphatic hydroxyl groups is 1. The van der Waals surface area contributed by atoms with Crippen molar-refractivity contribution in [3.05, 3.63) is 35.4 Å². The molecule has 5 nitrogen and oxygen atoms in total. The van der Waals surface area contributed by atoms with Crippen LogP contribution in [0, 0.1) is 5.92 Å². The molecule has 1 fully saturated rings. The van der Waals surface area contributed by atoms with E-state index in [4.69, 9.17) is 5.11 Å². The molecule has 0 aromatic heterocycles. The minimum Gasteiger partial charge on any atom is -0.396 e. The molecule has 108 valence electrons. The van der Waals surface area contributed by atoms with Gasteiger partial charge in [0.05, 0.1) is 0 Å². The number of likely N-dealkylation sites (tertiary alicyclic amines) is 1. The van der Waals surface area contributed by atoms with Gasteiger partial charge in [0, 0.05) is 44.7 Å². The molecule has 2 aliphatic heterocycles. The van der Waals surface area contributed by atoms with Gasteiger partial charge in [0.1, 0.15) is 0 Å². The van der Waals surface area contributed by atoms with Gasteiger partial charge in [0.2, 0.25) is 0 Å². The number of nitrogens with one attached hydrogen (secondary N) is 2. The van der Waals surface area contributed by atoms with Crippen LogP contribution < -0.4 is 10.6 Å². The fourth-order valence-corrected chi connectivity index (χ4v) is 2.84. The molecule has 0 radical (unpaired) electrons. The molecule has 20 heavy (non-hydrogen) atoms. The number of nitrogens with zero attached hydrogens (tertiary/aromatic N) is 1. The first-order valence-corrected chi connectivity index (χ1v) is 7.20. The summed E-state index contributed by atoms with van der Waals surface area (Å²) in [5, 5.41) is 15.4. The smallest absolute Gasteiger partial charge is 0.317 e. The Morgan fingerprint density at radius 2 is 2.10 bits per heavy atom. The second-order valence-corrected chi connectivity index (χ2v) is 5.69. The minimum absolute atomic E-state index is 0.0182. The minimum atomic E-state index is -0.0182. The average Bonchev–Trinajstić information content (AvgIpc) is 2.44. The molecule has 3 N–H and O–H groups in total. The first-order chi connectivity index (χ1) is 9.76. The van der Waals surface area contributed by atoms with Crippen LogP contribution >= 0.6 is 0 Å². The zero-order chi connectivity index (χ0) is 13.9. The van der Waals surface area contributed by atoms with Gasteiger partial charge in [-0.2, -0.15) is 0 Å². The number of hydrogen-bond acceptors (Lipinski definition) is 3. The lowest BCUT2D eigenvalue weighted by Gasteiger charge is -2.38. The molecule has 1 aromatic rings. The number of carbonyl (C=O) groups excluding carboxylic acids is 1. The van der Waals surface area contributed by atoms with Gasteiger partial charge in [-0.15, -0.1) is 0 Å². The molecule has 0 bridgehead atoms. The Kier molecular flexibility index (Phi) is 3.89. The number of carbonyl (C=O) groups is 1. The van der Waals surface area contributed by atoms with Gasteiger partial charge in [0.25, 0.3) is 0 Å². The summed E-state index contributed by atoms with van der Waals surface area (Å²) < 4.78 is 0. The highest BCUT2D eigenvalue weighted by molar-refractivity contribution is 5.75. The number of aliphatic hydroxyl groups excluding tert-OH is 1. The van der Waals surface area contributed by atoms with Crippen molar-refractivity contribution >= 4 is 6.03 Å². The van der Waals surface area contributed by atoms with Crippen molar-refractivity contribution in [2.24, 2.45) is 5.92 Å². The highest BCUT2D eigenvalue weighted by Crippen LogP contribution is 2.16. The van der Waals surface area contributed by atoms with Crippen LogP contribution in [-0.4, -0.2) is 48.3 Å². The second kappa shape index (κ2) is 5.81. The van der Waals surface area contributed by atoms with Crippen molar-refractivity contribution < 1.29 is 9.90 Å². The van der Waals surface area contributed by atoms with Crippen LogP contribution in [0.5, 0.6) is 0 Å². The number of urea groups is 1. The molecule has 1 saturated heterocycles. The first-order valence-electron chi connectivity index (χ1n) is 7.20. The Hall–Kier alpha value is -1.59. The predicted octanol–water partition coefficient (Wildman–Crippen LogP) is 0.335. The highest BCUT2D eigenvalue weighted by Gasteiger charge is 2.30. The first kappa shape index (κ1) is 13.4.